The van der Waals surface area contributed by atoms with E-state index >= 15 is 0 Å². The first-order chi connectivity index (χ1) is 14.1. The molecule has 1 atom stereocenters. The lowest BCUT2D eigenvalue weighted by Crippen LogP contribution is -2.28. The maximum Gasteiger partial charge on any atom is 0.257 e. The first-order valence-corrected chi connectivity index (χ1v) is 10.8. The molecular weight excluding hydrogens is 392 g/mol. The van der Waals surface area contributed by atoms with Gasteiger partial charge < -0.3 is 30.6 Å². The minimum Gasteiger partial charge on any atom is -0.383 e. The van der Waals surface area contributed by atoms with E-state index in [1.807, 2.05) is 25.1 Å². The monoisotopic (exact) mass is 424 g/mol. The van der Waals surface area contributed by atoms with Gasteiger partial charge >= 0.3 is 0 Å². The number of hydrogen-bond donors (Lipinski definition) is 3. The predicted octanol–water partition coefficient (Wildman–Crippen LogP) is 1.64. The van der Waals surface area contributed by atoms with E-state index in [-0.39, 0.29) is 5.91 Å². The summed E-state index contributed by atoms with van der Waals surface area (Å²) in [5.74, 6) is -0.119. The molecule has 0 bridgehead atoms. The summed E-state index contributed by atoms with van der Waals surface area (Å²) in [5.41, 5.74) is 7.85. The number of carbonyl (C=O) groups is 1. The van der Waals surface area contributed by atoms with Crippen molar-refractivity contribution in [2.75, 3.05) is 64.6 Å². The Labute approximate surface area is 176 Å². The van der Waals surface area contributed by atoms with Crippen LogP contribution in [0, 0.1) is 6.92 Å². The number of anilines is 1. The average molecular weight is 425 g/mol. The molecule has 1 aromatic rings. The Balaban J connectivity index is 1.59. The zero-order valence-electron chi connectivity index (χ0n) is 17.2. The van der Waals surface area contributed by atoms with Crippen LogP contribution < -0.4 is 16.4 Å². The van der Waals surface area contributed by atoms with Crippen molar-refractivity contribution in [3.63, 3.8) is 0 Å². The number of thioether (sulfide) groups is 1. The summed E-state index contributed by atoms with van der Waals surface area (Å²) in [4.78, 5) is 16.8. The molecule has 0 fully saturated rings. The van der Waals surface area contributed by atoms with Crippen LogP contribution in [0.2, 0.25) is 0 Å². The number of nitrogens with two attached hydrogens (primary N) is 1. The normalized spacial score (nSPS) is 16.0. The number of amidine groups is 1. The van der Waals surface area contributed by atoms with Crippen molar-refractivity contribution in [1.29, 1.82) is 0 Å². The number of hydrogen-bond acceptors (Lipinski definition) is 8. The van der Waals surface area contributed by atoms with Crippen LogP contribution >= 0.6 is 11.8 Å². The summed E-state index contributed by atoms with van der Waals surface area (Å²) in [6.07, 6.45) is 0. The lowest BCUT2D eigenvalue weighted by molar-refractivity contribution is 0.0179. The standard InChI is InChI=1S/C20H32N4O4S/c1-15-13-17(22-6-8-27-10-12-28-11-9-26-7-5-21)3-4-18(15)19(25)24-20-23-14-16(2)29-20/h3-4,13,16,22H,5-12,14,21H2,1-2H3,(H,23,24,25). The third kappa shape index (κ3) is 9.14. The maximum absolute atomic E-state index is 12.4. The highest BCUT2D eigenvalue weighted by Crippen LogP contribution is 2.20. The molecule has 2 rings (SSSR count). The summed E-state index contributed by atoms with van der Waals surface area (Å²) in [6, 6.07) is 5.70. The fraction of sp³-hybridized carbons (Fsp3) is 0.600. The second-order valence-electron chi connectivity index (χ2n) is 6.61. The molecule has 1 amide bonds. The quantitative estimate of drug-likeness (QED) is 0.413. The van der Waals surface area contributed by atoms with Crippen molar-refractivity contribution in [2.45, 2.75) is 19.1 Å². The Hall–Kier alpha value is -1.65. The van der Waals surface area contributed by atoms with Gasteiger partial charge in [-0.1, -0.05) is 18.7 Å². The number of benzene rings is 1. The van der Waals surface area contributed by atoms with E-state index in [2.05, 4.69) is 22.5 Å². The zero-order valence-corrected chi connectivity index (χ0v) is 18.1. The van der Waals surface area contributed by atoms with Gasteiger partial charge in [0, 0.05) is 29.6 Å². The van der Waals surface area contributed by atoms with Crippen molar-refractivity contribution in [3.8, 4) is 0 Å². The SMILES string of the molecule is Cc1cc(NCCOCCOCCOCCN)ccc1C(=O)NC1=NCC(C)S1. The number of amides is 1. The molecule has 4 N–H and O–H groups in total. The van der Waals surface area contributed by atoms with Gasteiger partial charge in [-0.25, -0.2) is 0 Å². The molecule has 0 aromatic heterocycles. The molecule has 162 valence electrons. The number of nitrogens with one attached hydrogen (secondary N) is 2. The second-order valence-corrected chi connectivity index (χ2v) is 8.04. The number of aliphatic imine (C=N–C) groups is 1. The van der Waals surface area contributed by atoms with E-state index in [1.54, 1.807) is 11.8 Å². The minimum absolute atomic E-state index is 0.119. The Morgan fingerprint density at radius 1 is 1.17 bits per heavy atom. The number of ether oxygens (including phenoxy) is 3. The predicted molar refractivity (Wildman–Crippen MR) is 118 cm³/mol. The number of aryl methyl sites for hydroxylation is 1. The van der Waals surface area contributed by atoms with Gasteiger partial charge in [0.1, 0.15) is 0 Å². The molecule has 29 heavy (non-hydrogen) atoms. The summed E-state index contributed by atoms with van der Waals surface area (Å²) in [7, 11) is 0. The topological polar surface area (TPSA) is 107 Å². The summed E-state index contributed by atoms with van der Waals surface area (Å²) < 4.78 is 16.1. The first-order valence-electron chi connectivity index (χ1n) is 9.90. The fourth-order valence-electron chi connectivity index (χ4n) is 2.63. The molecule has 0 radical (unpaired) electrons. The van der Waals surface area contributed by atoms with Crippen LogP contribution in [0.25, 0.3) is 0 Å². The zero-order chi connectivity index (χ0) is 20.9. The molecule has 0 aliphatic carbocycles. The van der Waals surface area contributed by atoms with Crippen molar-refractivity contribution >= 4 is 28.5 Å². The number of carbonyl (C=O) groups excluding carboxylic acids is 1. The molecule has 9 heteroatoms. The van der Waals surface area contributed by atoms with Gasteiger partial charge in [-0.05, 0) is 30.7 Å². The smallest absolute Gasteiger partial charge is 0.257 e. The van der Waals surface area contributed by atoms with Gasteiger partial charge in [0.05, 0.1) is 46.2 Å². The van der Waals surface area contributed by atoms with Crippen molar-refractivity contribution in [1.82, 2.24) is 5.32 Å². The van der Waals surface area contributed by atoms with E-state index in [1.165, 1.54) is 0 Å². The highest BCUT2D eigenvalue weighted by atomic mass is 32.2. The first kappa shape index (κ1) is 23.6. The van der Waals surface area contributed by atoms with E-state index in [0.717, 1.165) is 17.8 Å². The van der Waals surface area contributed by atoms with Crippen LogP contribution in [0.5, 0.6) is 0 Å². The van der Waals surface area contributed by atoms with Crippen LogP contribution in [0.1, 0.15) is 22.8 Å². The van der Waals surface area contributed by atoms with Crippen LogP contribution in [0.4, 0.5) is 5.69 Å². The molecule has 1 unspecified atom stereocenters. The molecule has 1 aromatic carbocycles. The molecule has 0 saturated carbocycles. The van der Waals surface area contributed by atoms with Gasteiger partial charge in [-0.15, -0.1) is 0 Å². The lowest BCUT2D eigenvalue weighted by Gasteiger charge is -2.11. The minimum atomic E-state index is -0.119. The van der Waals surface area contributed by atoms with Gasteiger partial charge in [0.25, 0.3) is 5.91 Å². The number of rotatable bonds is 13. The average Bonchev–Trinajstić information content (AvgIpc) is 3.10. The van der Waals surface area contributed by atoms with Crippen molar-refractivity contribution < 1.29 is 19.0 Å². The molecule has 1 aliphatic rings. The van der Waals surface area contributed by atoms with Crippen LogP contribution in [0.3, 0.4) is 0 Å². The Morgan fingerprint density at radius 3 is 2.48 bits per heavy atom. The Kier molecular flexibility index (Phi) is 11.0. The highest BCUT2D eigenvalue weighted by molar-refractivity contribution is 8.14. The molecule has 1 heterocycles. The van der Waals surface area contributed by atoms with Crippen LogP contribution in [0.15, 0.2) is 23.2 Å². The molecule has 0 saturated heterocycles. The Bertz CT molecular complexity index is 672. The Morgan fingerprint density at radius 2 is 1.86 bits per heavy atom. The van der Waals surface area contributed by atoms with E-state index in [9.17, 15) is 4.79 Å². The third-order valence-corrected chi connectivity index (χ3v) is 5.08. The third-order valence-electron chi connectivity index (χ3n) is 4.08. The van der Waals surface area contributed by atoms with Crippen LogP contribution in [-0.2, 0) is 14.2 Å². The molecule has 8 nitrogen and oxygen atoms in total. The molecule has 0 spiro atoms. The number of nitrogens with zero attached hydrogens (tertiary/aromatic N) is 1. The van der Waals surface area contributed by atoms with E-state index in [0.29, 0.717) is 68.7 Å². The highest BCUT2D eigenvalue weighted by Gasteiger charge is 2.18. The van der Waals surface area contributed by atoms with E-state index < -0.39 is 0 Å². The largest absolute Gasteiger partial charge is 0.383 e. The van der Waals surface area contributed by atoms with Crippen molar-refractivity contribution in [2.24, 2.45) is 10.7 Å². The maximum atomic E-state index is 12.4. The molecule has 1 aliphatic heterocycles. The lowest BCUT2D eigenvalue weighted by atomic mass is 10.1. The van der Waals surface area contributed by atoms with Gasteiger partial charge in [0.2, 0.25) is 0 Å². The summed E-state index contributed by atoms with van der Waals surface area (Å²) >= 11 is 1.59. The van der Waals surface area contributed by atoms with E-state index in [4.69, 9.17) is 19.9 Å². The summed E-state index contributed by atoms with van der Waals surface area (Å²) in [6.45, 7) is 9.29. The molecular formula is C20H32N4O4S. The fourth-order valence-corrected chi connectivity index (χ4v) is 3.46. The second kappa shape index (κ2) is 13.6. The van der Waals surface area contributed by atoms with Gasteiger partial charge in [-0.2, -0.15) is 0 Å². The van der Waals surface area contributed by atoms with Gasteiger partial charge in [0.15, 0.2) is 5.17 Å². The van der Waals surface area contributed by atoms with Gasteiger partial charge in [-0.3, -0.25) is 9.79 Å². The summed E-state index contributed by atoms with van der Waals surface area (Å²) in [5, 5.41) is 7.30. The van der Waals surface area contributed by atoms with Crippen molar-refractivity contribution in [3.05, 3.63) is 29.3 Å². The van der Waals surface area contributed by atoms with Crippen LogP contribution in [-0.4, -0.2) is 75.6 Å².